The third-order valence-electron chi connectivity index (χ3n) is 6.00. The van der Waals surface area contributed by atoms with Gasteiger partial charge in [-0.1, -0.05) is 24.3 Å². The van der Waals surface area contributed by atoms with Crippen LogP contribution in [0.2, 0.25) is 0 Å². The van der Waals surface area contributed by atoms with Crippen LogP contribution < -0.4 is 10.1 Å². The quantitative estimate of drug-likeness (QED) is 0.643. The van der Waals surface area contributed by atoms with E-state index in [2.05, 4.69) is 15.0 Å². The van der Waals surface area contributed by atoms with Crippen LogP contribution in [-0.2, 0) is 14.8 Å². The van der Waals surface area contributed by atoms with Crippen LogP contribution in [0.1, 0.15) is 29.5 Å². The van der Waals surface area contributed by atoms with E-state index in [9.17, 15) is 31.5 Å². The third kappa shape index (κ3) is 5.33. The van der Waals surface area contributed by atoms with E-state index in [0.717, 1.165) is 17.5 Å². The van der Waals surface area contributed by atoms with Crippen LogP contribution in [0.3, 0.4) is 0 Å². The maximum absolute atomic E-state index is 12.8. The summed E-state index contributed by atoms with van der Waals surface area (Å²) in [6.45, 7) is 1.74. The number of hydrogen-bond acceptors (Lipinski definition) is 6. The van der Waals surface area contributed by atoms with Gasteiger partial charge < -0.3 is 15.2 Å². The van der Waals surface area contributed by atoms with E-state index >= 15 is 0 Å². The number of nitrogens with one attached hydrogen (secondary N) is 1. The molecule has 0 aliphatic carbocycles. The number of ether oxygens (including phenoxy) is 1. The number of piperidine rings is 1. The minimum Gasteiger partial charge on any atom is -0.508 e. The highest BCUT2D eigenvalue weighted by atomic mass is 32.2. The van der Waals surface area contributed by atoms with Gasteiger partial charge in [0.1, 0.15) is 22.9 Å². The molecule has 2 aliphatic heterocycles. The molecule has 2 aromatic carbocycles. The second-order valence-corrected chi connectivity index (χ2v) is 10.1. The highest BCUT2D eigenvalue weighted by Gasteiger charge is 2.47. The number of amidine groups is 1. The van der Waals surface area contributed by atoms with Crippen molar-refractivity contribution in [2.75, 3.05) is 13.1 Å². The Labute approximate surface area is 199 Å². The third-order valence-corrected chi connectivity index (χ3v) is 7.56. The fourth-order valence-electron chi connectivity index (χ4n) is 4.01. The fourth-order valence-corrected chi connectivity index (χ4v) is 5.19. The average Bonchev–Trinajstić information content (AvgIpc) is 3.10. The van der Waals surface area contributed by atoms with Gasteiger partial charge in [-0.3, -0.25) is 9.79 Å². The molecule has 8 nitrogen and oxygen atoms in total. The Morgan fingerprint density at radius 3 is 2.54 bits per heavy atom. The molecule has 1 fully saturated rings. The number of halogens is 3. The lowest BCUT2D eigenvalue weighted by Gasteiger charge is -2.34. The van der Waals surface area contributed by atoms with Crippen LogP contribution in [0.25, 0.3) is 6.08 Å². The number of carbonyl (C=O) groups excluding carboxylic acids is 1. The first-order chi connectivity index (χ1) is 16.4. The van der Waals surface area contributed by atoms with E-state index in [4.69, 9.17) is 0 Å². The van der Waals surface area contributed by atoms with Crippen molar-refractivity contribution < 1.29 is 36.2 Å². The largest absolute Gasteiger partial charge is 0.573 e. The number of hydrogen-bond donors (Lipinski definition) is 2. The van der Waals surface area contributed by atoms with E-state index in [0.29, 0.717) is 11.1 Å². The molecule has 0 saturated carbocycles. The van der Waals surface area contributed by atoms with Gasteiger partial charge >= 0.3 is 6.36 Å². The molecule has 2 aromatic rings. The number of phenolic OH excluding ortho intramolecular Hbond substituents is 1. The van der Waals surface area contributed by atoms with Crippen LogP contribution in [0.15, 0.2) is 52.9 Å². The van der Waals surface area contributed by atoms with Gasteiger partial charge in [-0.25, -0.2) is 8.42 Å². The molecular formula is C23H22F3N3O5S. The van der Waals surface area contributed by atoms with Crippen LogP contribution in [0, 0.1) is 6.92 Å². The van der Waals surface area contributed by atoms with E-state index < -0.39 is 33.6 Å². The first-order valence-corrected chi connectivity index (χ1v) is 12.1. The second kappa shape index (κ2) is 9.00. The molecule has 2 N–H and O–H groups in total. The molecule has 0 bridgehead atoms. The van der Waals surface area contributed by atoms with Crippen molar-refractivity contribution in [2.45, 2.75) is 31.7 Å². The number of rotatable bonds is 5. The summed E-state index contributed by atoms with van der Waals surface area (Å²) in [6.07, 6.45) is -3.23. The summed E-state index contributed by atoms with van der Waals surface area (Å²) in [4.78, 5) is 17.2. The summed E-state index contributed by atoms with van der Waals surface area (Å²) >= 11 is 0. The predicted molar refractivity (Wildman–Crippen MR) is 122 cm³/mol. The van der Waals surface area contributed by atoms with E-state index in [1.165, 1.54) is 28.6 Å². The molecule has 4 rings (SSSR count). The number of carbonyl (C=O) groups is 1. The second-order valence-electron chi connectivity index (χ2n) is 8.26. The van der Waals surface area contributed by atoms with Crippen molar-refractivity contribution >= 4 is 27.8 Å². The van der Waals surface area contributed by atoms with Gasteiger partial charge in [0.15, 0.2) is 0 Å². The van der Waals surface area contributed by atoms with Gasteiger partial charge in [0.25, 0.3) is 5.91 Å². The highest BCUT2D eigenvalue weighted by Crippen LogP contribution is 2.33. The van der Waals surface area contributed by atoms with Gasteiger partial charge in [-0.05, 0) is 55.2 Å². The van der Waals surface area contributed by atoms with Crippen molar-refractivity contribution in [1.82, 2.24) is 9.62 Å². The molecule has 186 valence electrons. The highest BCUT2D eigenvalue weighted by molar-refractivity contribution is 7.92. The molecule has 35 heavy (non-hydrogen) atoms. The average molecular weight is 510 g/mol. The monoisotopic (exact) mass is 509 g/mol. The summed E-state index contributed by atoms with van der Waals surface area (Å²) in [5, 5.41) is 13.4. The van der Waals surface area contributed by atoms with Gasteiger partial charge in [-0.15, -0.1) is 13.2 Å². The van der Waals surface area contributed by atoms with Gasteiger partial charge in [-0.2, -0.15) is 4.31 Å². The minimum absolute atomic E-state index is 0.0348. The lowest BCUT2D eigenvalue weighted by atomic mass is 9.89. The van der Waals surface area contributed by atoms with Gasteiger partial charge in [0, 0.05) is 24.1 Å². The molecule has 0 atom stereocenters. The summed E-state index contributed by atoms with van der Waals surface area (Å²) in [6, 6.07) is 9.91. The summed E-state index contributed by atoms with van der Waals surface area (Å²) < 4.78 is 68.4. The SMILES string of the molecule is Cc1c(O)cccc1C=CS(=O)(=O)N1CCC2(CC1)N=C(c1cccc(OC(F)(F)F)c1)NC2=O. The number of aromatic hydroxyl groups is 1. The number of phenols is 1. The Morgan fingerprint density at radius 1 is 1.17 bits per heavy atom. The zero-order valence-corrected chi connectivity index (χ0v) is 19.4. The first kappa shape index (κ1) is 24.7. The zero-order chi connectivity index (χ0) is 25.4. The van der Waals surface area contributed by atoms with Gasteiger partial charge in [0.05, 0.1) is 0 Å². The Bertz CT molecular complexity index is 1310. The minimum atomic E-state index is -4.85. The fraction of sp³-hybridized carbons (Fsp3) is 0.304. The number of benzene rings is 2. The molecule has 0 unspecified atom stereocenters. The topological polar surface area (TPSA) is 108 Å². The van der Waals surface area contributed by atoms with Crippen molar-refractivity contribution in [3.63, 3.8) is 0 Å². The van der Waals surface area contributed by atoms with Crippen molar-refractivity contribution in [2.24, 2.45) is 4.99 Å². The standard InChI is InChI=1S/C23H22F3N3O5S/c1-15-16(4-3-7-19(15)30)8-13-35(32,33)29-11-9-22(10-12-29)21(31)27-20(28-22)17-5-2-6-18(14-17)34-23(24,25)26/h2-8,13-14,30H,9-12H2,1H3,(H,27,28,31). The Morgan fingerprint density at radius 2 is 1.86 bits per heavy atom. The maximum Gasteiger partial charge on any atom is 0.573 e. The van der Waals surface area contributed by atoms with Gasteiger partial charge in [0.2, 0.25) is 10.0 Å². The molecule has 2 aliphatic rings. The summed E-state index contributed by atoms with van der Waals surface area (Å²) in [5.74, 6) is -0.709. The number of aliphatic imine (C=N–C) groups is 1. The van der Waals surface area contributed by atoms with Crippen LogP contribution in [-0.4, -0.2) is 54.6 Å². The lowest BCUT2D eigenvalue weighted by Crippen LogP contribution is -2.50. The first-order valence-electron chi connectivity index (χ1n) is 10.6. The van der Waals surface area contributed by atoms with E-state index in [1.54, 1.807) is 19.1 Å². The number of alkyl halides is 3. The predicted octanol–water partition coefficient (Wildman–Crippen LogP) is 3.31. The summed E-state index contributed by atoms with van der Waals surface area (Å²) in [5.41, 5.74) is 0.152. The van der Waals surface area contributed by atoms with Crippen molar-refractivity contribution in [3.8, 4) is 11.5 Å². The maximum atomic E-state index is 12.8. The Balaban J connectivity index is 1.48. The molecule has 0 radical (unpaired) electrons. The van der Waals surface area contributed by atoms with E-state index in [-0.39, 0.29) is 43.1 Å². The Kier molecular flexibility index (Phi) is 6.36. The molecular weight excluding hydrogens is 487 g/mol. The zero-order valence-electron chi connectivity index (χ0n) is 18.5. The number of amides is 1. The molecule has 1 saturated heterocycles. The van der Waals surface area contributed by atoms with Crippen LogP contribution in [0.4, 0.5) is 13.2 Å². The molecule has 12 heteroatoms. The molecule has 0 aromatic heterocycles. The smallest absolute Gasteiger partial charge is 0.508 e. The molecule has 1 spiro atoms. The van der Waals surface area contributed by atoms with Crippen LogP contribution >= 0.6 is 0 Å². The number of sulfonamides is 1. The van der Waals surface area contributed by atoms with E-state index in [1.807, 2.05) is 0 Å². The van der Waals surface area contributed by atoms with Crippen LogP contribution in [0.5, 0.6) is 11.5 Å². The normalized spacial score (nSPS) is 18.6. The Hall–Kier alpha value is -3.38. The number of nitrogens with zero attached hydrogens (tertiary/aromatic N) is 2. The lowest BCUT2D eigenvalue weighted by molar-refractivity contribution is -0.274. The van der Waals surface area contributed by atoms with Crippen molar-refractivity contribution in [1.29, 1.82) is 0 Å². The summed E-state index contributed by atoms with van der Waals surface area (Å²) in [7, 11) is -3.80. The van der Waals surface area contributed by atoms with Crippen molar-refractivity contribution in [3.05, 3.63) is 64.6 Å². The molecule has 2 heterocycles. The molecule has 1 amide bonds.